The third-order valence-electron chi connectivity index (χ3n) is 3.05. The average Bonchev–Trinajstić information content (AvgIpc) is 2.77. The Labute approximate surface area is 123 Å². The van der Waals surface area contributed by atoms with Gasteiger partial charge in [-0.15, -0.1) is 0 Å². The van der Waals surface area contributed by atoms with Gasteiger partial charge in [0.1, 0.15) is 17.4 Å². The van der Waals surface area contributed by atoms with E-state index in [1.54, 1.807) is 30.0 Å². The molecule has 3 N–H and O–H groups in total. The first-order valence-electron chi connectivity index (χ1n) is 6.61. The van der Waals surface area contributed by atoms with Crippen molar-refractivity contribution >= 4 is 17.3 Å². The van der Waals surface area contributed by atoms with Gasteiger partial charge in [-0.25, -0.2) is 9.67 Å². The van der Waals surface area contributed by atoms with Crippen LogP contribution in [0.3, 0.4) is 0 Å². The first-order valence-corrected chi connectivity index (χ1v) is 6.61. The highest BCUT2D eigenvalue weighted by Gasteiger charge is 2.08. The van der Waals surface area contributed by atoms with Gasteiger partial charge in [-0.05, 0) is 26.0 Å². The van der Waals surface area contributed by atoms with Crippen LogP contribution in [0.25, 0.3) is 0 Å². The molecule has 7 heteroatoms. The Morgan fingerprint density at radius 1 is 1.43 bits per heavy atom. The average molecular weight is 289 g/mol. The van der Waals surface area contributed by atoms with Crippen LogP contribution >= 0.6 is 0 Å². The molecule has 2 aromatic rings. The van der Waals surface area contributed by atoms with Crippen molar-refractivity contribution in [2.24, 2.45) is 0 Å². The minimum atomic E-state index is -0.126. The van der Waals surface area contributed by atoms with E-state index < -0.39 is 0 Å². The van der Waals surface area contributed by atoms with Crippen molar-refractivity contribution < 1.29 is 9.53 Å². The van der Waals surface area contributed by atoms with Crippen LogP contribution in [0.5, 0.6) is 5.75 Å². The first-order chi connectivity index (χ1) is 9.99. The maximum Gasteiger partial charge on any atom is 0.226 e. The zero-order valence-electron chi connectivity index (χ0n) is 12.4. The van der Waals surface area contributed by atoms with Crippen LogP contribution in [0.15, 0.2) is 18.2 Å². The Morgan fingerprint density at radius 2 is 2.19 bits per heavy atom. The number of ether oxygens (including phenoxy) is 1. The summed E-state index contributed by atoms with van der Waals surface area (Å²) in [5.41, 5.74) is 6.90. The lowest BCUT2D eigenvalue weighted by molar-refractivity contribution is -0.116. The van der Waals surface area contributed by atoms with Crippen molar-refractivity contribution in [3.8, 4) is 5.75 Å². The molecule has 0 unspecified atom stereocenters. The highest BCUT2D eigenvalue weighted by atomic mass is 16.5. The summed E-state index contributed by atoms with van der Waals surface area (Å²) in [5, 5.41) is 6.99. The number of methoxy groups -OCH3 is 1. The second-order valence-corrected chi connectivity index (χ2v) is 4.68. The summed E-state index contributed by atoms with van der Waals surface area (Å²) >= 11 is 0. The number of amides is 1. The molecular weight excluding hydrogens is 270 g/mol. The first kappa shape index (κ1) is 14.8. The fraction of sp³-hybridized carbons (Fsp3) is 0.357. The molecule has 0 atom stereocenters. The van der Waals surface area contributed by atoms with Gasteiger partial charge in [0.15, 0.2) is 0 Å². The minimum Gasteiger partial charge on any atom is -0.497 e. The number of hydrogen-bond acceptors (Lipinski definition) is 5. The second kappa shape index (κ2) is 6.25. The van der Waals surface area contributed by atoms with Gasteiger partial charge in [0.05, 0.1) is 25.0 Å². The van der Waals surface area contributed by atoms with Gasteiger partial charge in [0, 0.05) is 12.5 Å². The quantitative estimate of drug-likeness (QED) is 0.814. The Hall–Kier alpha value is -2.57. The van der Waals surface area contributed by atoms with Crippen LogP contribution in [-0.4, -0.2) is 27.8 Å². The lowest BCUT2D eigenvalue weighted by atomic mass is 10.2. The van der Waals surface area contributed by atoms with Crippen molar-refractivity contribution in [3.63, 3.8) is 0 Å². The summed E-state index contributed by atoms with van der Waals surface area (Å²) in [6, 6.07) is 5.13. The molecule has 1 aromatic heterocycles. The zero-order valence-corrected chi connectivity index (χ0v) is 12.4. The van der Waals surface area contributed by atoms with Crippen molar-refractivity contribution in [1.29, 1.82) is 0 Å². The second-order valence-electron chi connectivity index (χ2n) is 4.68. The van der Waals surface area contributed by atoms with E-state index in [0.29, 0.717) is 35.9 Å². The molecule has 7 nitrogen and oxygen atoms in total. The number of hydrogen-bond donors (Lipinski definition) is 2. The summed E-state index contributed by atoms with van der Waals surface area (Å²) in [5.74, 6) is 2.02. The van der Waals surface area contributed by atoms with Crippen LogP contribution in [0.2, 0.25) is 0 Å². The van der Waals surface area contributed by atoms with Gasteiger partial charge in [0.25, 0.3) is 0 Å². The van der Waals surface area contributed by atoms with Gasteiger partial charge < -0.3 is 15.8 Å². The third kappa shape index (κ3) is 3.71. The predicted octanol–water partition coefficient (Wildman–Crippen LogP) is 1.51. The standard InChI is InChI=1S/C14H19N5O2/c1-9-16-10(2)19(18-9)7-6-14(20)17-13-5-4-11(21-3)8-12(13)15/h4-5,8H,6-7,15H2,1-3H3,(H,17,20). The Morgan fingerprint density at radius 3 is 2.76 bits per heavy atom. The number of nitrogens with one attached hydrogen (secondary N) is 1. The topological polar surface area (TPSA) is 95.1 Å². The monoisotopic (exact) mass is 289 g/mol. The molecule has 0 bridgehead atoms. The maximum absolute atomic E-state index is 12.0. The molecule has 21 heavy (non-hydrogen) atoms. The Bertz CT molecular complexity index is 651. The molecule has 0 aliphatic rings. The normalized spacial score (nSPS) is 10.4. The molecule has 112 valence electrons. The van der Waals surface area contributed by atoms with Crippen molar-refractivity contribution in [2.75, 3.05) is 18.2 Å². The Balaban J connectivity index is 1.94. The van der Waals surface area contributed by atoms with Gasteiger partial charge in [-0.2, -0.15) is 5.10 Å². The van der Waals surface area contributed by atoms with E-state index in [-0.39, 0.29) is 5.91 Å². The highest BCUT2D eigenvalue weighted by Crippen LogP contribution is 2.24. The molecule has 0 fully saturated rings. The van der Waals surface area contributed by atoms with E-state index in [1.807, 2.05) is 13.8 Å². The molecule has 0 aliphatic carbocycles. The number of nitrogens with zero attached hydrogens (tertiary/aromatic N) is 3. The lowest BCUT2D eigenvalue weighted by Gasteiger charge is -2.10. The number of aromatic nitrogens is 3. The summed E-state index contributed by atoms with van der Waals surface area (Å²) in [7, 11) is 1.56. The summed E-state index contributed by atoms with van der Waals surface area (Å²) in [6.07, 6.45) is 0.301. The van der Waals surface area contributed by atoms with E-state index in [0.717, 1.165) is 5.82 Å². The lowest BCUT2D eigenvalue weighted by Crippen LogP contribution is -2.16. The molecular formula is C14H19N5O2. The number of anilines is 2. The fourth-order valence-corrected chi connectivity index (χ4v) is 1.97. The summed E-state index contributed by atoms with van der Waals surface area (Å²) in [4.78, 5) is 16.1. The molecule has 0 radical (unpaired) electrons. The molecule has 0 aliphatic heterocycles. The molecule has 1 heterocycles. The number of aryl methyl sites for hydroxylation is 3. The molecule has 1 amide bonds. The van der Waals surface area contributed by atoms with Crippen molar-refractivity contribution in [2.45, 2.75) is 26.8 Å². The highest BCUT2D eigenvalue weighted by molar-refractivity contribution is 5.93. The van der Waals surface area contributed by atoms with E-state index in [4.69, 9.17) is 10.5 Å². The van der Waals surface area contributed by atoms with Gasteiger partial charge >= 0.3 is 0 Å². The van der Waals surface area contributed by atoms with E-state index in [1.165, 1.54) is 0 Å². The van der Waals surface area contributed by atoms with Crippen molar-refractivity contribution in [1.82, 2.24) is 14.8 Å². The number of carbonyl (C=O) groups excluding carboxylic acids is 1. The molecule has 1 aromatic carbocycles. The van der Waals surface area contributed by atoms with Crippen LogP contribution in [-0.2, 0) is 11.3 Å². The van der Waals surface area contributed by atoms with Crippen LogP contribution in [0.4, 0.5) is 11.4 Å². The molecule has 0 saturated heterocycles. The minimum absolute atomic E-state index is 0.126. The van der Waals surface area contributed by atoms with Gasteiger partial charge in [0.2, 0.25) is 5.91 Å². The maximum atomic E-state index is 12.0. The number of benzene rings is 1. The van der Waals surface area contributed by atoms with Gasteiger partial charge in [-0.1, -0.05) is 0 Å². The smallest absolute Gasteiger partial charge is 0.226 e. The number of rotatable bonds is 5. The van der Waals surface area contributed by atoms with E-state index in [9.17, 15) is 4.79 Å². The fourth-order valence-electron chi connectivity index (χ4n) is 1.97. The SMILES string of the molecule is COc1ccc(NC(=O)CCn2nc(C)nc2C)c(N)c1. The zero-order chi connectivity index (χ0) is 15.4. The van der Waals surface area contributed by atoms with Crippen LogP contribution in [0, 0.1) is 13.8 Å². The largest absolute Gasteiger partial charge is 0.497 e. The van der Waals surface area contributed by atoms with E-state index >= 15 is 0 Å². The van der Waals surface area contributed by atoms with Crippen LogP contribution < -0.4 is 15.8 Å². The van der Waals surface area contributed by atoms with Crippen LogP contribution in [0.1, 0.15) is 18.1 Å². The van der Waals surface area contributed by atoms with Gasteiger partial charge in [-0.3, -0.25) is 4.79 Å². The number of nitrogen functional groups attached to an aromatic ring is 1. The predicted molar refractivity (Wildman–Crippen MR) is 80.1 cm³/mol. The van der Waals surface area contributed by atoms with Crippen molar-refractivity contribution in [3.05, 3.63) is 29.8 Å². The Kier molecular flexibility index (Phi) is 4.42. The summed E-state index contributed by atoms with van der Waals surface area (Å²) < 4.78 is 6.78. The molecule has 0 saturated carbocycles. The molecule has 0 spiro atoms. The number of carbonyl (C=O) groups is 1. The third-order valence-corrected chi connectivity index (χ3v) is 3.05. The van der Waals surface area contributed by atoms with E-state index in [2.05, 4.69) is 15.4 Å². The number of nitrogens with two attached hydrogens (primary N) is 1. The summed E-state index contributed by atoms with van der Waals surface area (Å²) in [6.45, 7) is 4.16. The molecule has 2 rings (SSSR count).